The van der Waals surface area contributed by atoms with Gasteiger partial charge in [0.15, 0.2) is 0 Å². The fraction of sp³-hybridized carbons (Fsp3) is 0.543. The van der Waals surface area contributed by atoms with Gasteiger partial charge in [-0.15, -0.1) is 0 Å². The van der Waals surface area contributed by atoms with Crippen LogP contribution in [0.25, 0.3) is 0 Å². The Hall–Kier alpha value is -2.96. The highest BCUT2D eigenvalue weighted by Crippen LogP contribution is 2.38. The van der Waals surface area contributed by atoms with Gasteiger partial charge >= 0.3 is 5.97 Å². The molecule has 0 spiro atoms. The molecule has 1 aromatic heterocycles. The third-order valence-corrected chi connectivity index (χ3v) is 9.66. The molecule has 2 aliphatic heterocycles. The molecule has 2 saturated heterocycles. The Bertz CT molecular complexity index is 1280. The summed E-state index contributed by atoms with van der Waals surface area (Å²) in [5.41, 5.74) is 6.49. The van der Waals surface area contributed by atoms with Crippen molar-refractivity contribution in [3.8, 4) is 0 Å². The minimum Gasteiger partial charge on any atom is -0.480 e. The maximum atomic E-state index is 12.3. The third kappa shape index (κ3) is 6.92. The fourth-order valence-corrected chi connectivity index (χ4v) is 7.28. The molecular weight excluding hydrogens is 508 g/mol. The zero-order valence-electron chi connectivity index (χ0n) is 25.4. The Kier molecular flexibility index (Phi) is 9.61. The number of nitrogens with zero attached hydrogens (tertiary/aromatic N) is 4. The molecule has 0 amide bonds. The minimum atomic E-state index is -0.678. The van der Waals surface area contributed by atoms with E-state index in [4.69, 9.17) is 5.10 Å². The van der Waals surface area contributed by atoms with Gasteiger partial charge in [0.05, 0.1) is 5.69 Å². The Morgan fingerprint density at radius 3 is 2.44 bits per heavy atom. The molecule has 3 heterocycles. The third-order valence-electron chi connectivity index (χ3n) is 9.66. The second-order valence-electron chi connectivity index (χ2n) is 12.5. The van der Waals surface area contributed by atoms with E-state index in [1.54, 1.807) is 0 Å². The van der Waals surface area contributed by atoms with Gasteiger partial charge in [-0.2, -0.15) is 5.10 Å². The molecule has 2 fully saturated rings. The average molecular weight is 557 g/mol. The lowest BCUT2D eigenvalue weighted by atomic mass is 9.86. The summed E-state index contributed by atoms with van der Waals surface area (Å²) in [6, 6.07) is 21.4. The van der Waals surface area contributed by atoms with Crippen LogP contribution in [0.3, 0.4) is 0 Å². The van der Waals surface area contributed by atoms with E-state index in [9.17, 15) is 9.90 Å². The van der Waals surface area contributed by atoms with E-state index in [1.165, 1.54) is 22.4 Å². The Balaban J connectivity index is 1.26. The first-order valence-corrected chi connectivity index (χ1v) is 15.7. The molecule has 5 rings (SSSR count). The lowest BCUT2D eigenvalue weighted by Gasteiger charge is -2.35. The number of piperidine rings is 1. The van der Waals surface area contributed by atoms with Gasteiger partial charge in [-0.05, 0) is 68.8 Å². The number of carboxylic acids is 1. The number of likely N-dealkylation sites (tertiary alicyclic amines) is 2. The van der Waals surface area contributed by atoms with Gasteiger partial charge in [-0.25, -0.2) is 0 Å². The number of carbonyl (C=O) groups is 1. The van der Waals surface area contributed by atoms with E-state index in [-0.39, 0.29) is 5.92 Å². The van der Waals surface area contributed by atoms with E-state index < -0.39 is 12.0 Å². The van der Waals surface area contributed by atoms with Crippen LogP contribution in [0.1, 0.15) is 79.9 Å². The Morgan fingerprint density at radius 2 is 1.78 bits per heavy atom. The van der Waals surface area contributed by atoms with E-state index >= 15 is 0 Å². The molecule has 220 valence electrons. The largest absolute Gasteiger partial charge is 0.480 e. The molecule has 1 N–H and O–H groups in total. The maximum Gasteiger partial charge on any atom is 0.321 e. The summed E-state index contributed by atoms with van der Waals surface area (Å²) in [6.07, 6.45) is 4.05. The summed E-state index contributed by atoms with van der Waals surface area (Å²) in [4.78, 5) is 17.3. The molecule has 6 nitrogen and oxygen atoms in total. The van der Waals surface area contributed by atoms with Crippen molar-refractivity contribution in [2.75, 3.05) is 32.7 Å². The molecule has 4 atom stereocenters. The topological polar surface area (TPSA) is 61.6 Å². The number of aliphatic carboxylic acids is 1. The predicted molar refractivity (Wildman–Crippen MR) is 165 cm³/mol. The van der Waals surface area contributed by atoms with E-state index in [2.05, 4.69) is 103 Å². The van der Waals surface area contributed by atoms with Crippen LogP contribution in [0.4, 0.5) is 0 Å². The first-order chi connectivity index (χ1) is 19.9. The van der Waals surface area contributed by atoms with E-state index in [0.29, 0.717) is 17.8 Å². The minimum absolute atomic E-state index is 0.135. The number of aromatic nitrogens is 2. The lowest BCUT2D eigenvalue weighted by molar-refractivity contribution is -0.145. The monoisotopic (exact) mass is 556 g/mol. The second-order valence-corrected chi connectivity index (χ2v) is 12.5. The van der Waals surface area contributed by atoms with Gasteiger partial charge in [-0.3, -0.25) is 14.4 Å². The summed E-state index contributed by atoms with van der Waals surface area (Å²) in [5.74, 6) is 0.787. The number of rotatable bonds is 11. The highest BCUT2D eigenvalue weighted by atomic mass is 16.4. The van der Waals surface area contributed by atoms with Crippen molar-refractivity contribution < 1.29 is 9.90 Å². The van der Waals surface area contributed by atoms with Gasteiger partial charge in [0.1, 0.15) is 6.04 Å². The zero-order chi connectivity index (χ0) is 28.9. The smallest absolute Gasteiger partial charge is 0.321 e. The summed E-state index contributed by atoms with van der Waals surface area (Å²) < 4.78 is 2.22. The number of hydrogen-bond acceptors (Lipinski definition) is 4. The first kappa shape index (κ1) is 29.5. The van der Waals surface area contributed by atoms with Gasteiger partial charge in [0, 0.05) is 50.1 Å². The van der Waals surface area contributed by atoms with Crippen molar-refractivity contribution >= 4 is 5.97 Å². The molecule has 0 aliphatic carbocycles. The van der Waals surface area contributed by atoms with Crippen molar-refractivity contribution in [3.63, 3.8) is 0 Å². The second kappa shape index (κ2) is 13.3. The van der Waals surface area contributed by atoms with E-state index in [1.807, 2.05) is 0 Å². The van der Waals surface area contributed by atoms with Crippen LogP contribution < -0.4 is 0 Å². The molecule has 2 aromatic carbocycles. The van der Waals surface area contributed by atoms with Crippen LogP contribution in [0.5, 0.6) is 0 Å². The normalized spacial score (nSPS) is 22.1. The molecule has 0 saturated carbocycles. The molecule has 3 aromatic rings. The highest BCUT2D eigenvalue weighted by molar-refractivity contribution is 5.74. The first-order valence-electron chi connectivity index (χ1n) is 15.7. The van der Waals surface area contributed by atoms with Crippen LogP contribution >= 0.6 is 0 Å². The van der Waals surface area contributed by atoms with Crippen molar-refractivity contribution in [2.45, 2.75) is 77.8 Å². The summed E-state index contributed by atoms with van der Waals surface area (Å²) in [7, 11) is 0. The number of aryl methyl sites for hydroxylation is 2. The van der Waals surface area contributed by atoms with Crippen LogP contribution in [-0.2, 0) is 17.8 Å². The molecule has 2 aliphatic rings. The highest BCUT2D eigenvalue weighted by Gasteiger charge is 2.42. The predicted octanol–water partition coefficient (Wildman–Crippen LogP) is 6.20. The molecule has 6 heteroatoms. The quantitative estimate of drug-likeness (QED) is 0.305. The lowest BCUT2D eigenvalue weighted by Crippen LogP contribution is -2.45. The molecular formula is C35H48N4O2. The van der Waals surface area contributed by atoms with Crippen molar-refractivity contribution in [3.05, 3.63) is 88.7 Å². The summed E-state index contributed by atoms with van der Waals surface area (Å²) in [5, 5.41) is 15.1. The van der Waals surface area contributed by atoms with E-state index in [0.717, 1.165) is 70.6 Å². The van der Waals surface area contributed by atoms with Crippen molar-refractivity contribution in [2.24, 2.45) is 11.8 Å². The molecule has 0 radical (unpaired) electrons. The molecule has 0 unspecified atom stereocenters. The van der Waals surface area contributed by atoms with Gasteiger partial charge in [-0.1, -0.05) is 80.4 Å². The Morgan fingerprint density at radius 1 is 1.02 bits per heavy atom. The van der Waals surface area contributed by atoms with Crippen molar-refractivity contribution in [1.82, 2.24) is 19.6 Å². The van der Waals surface area contributed by atoms with Crippen molar-refractivity contribution in [1.29, 1.82) is 0 Å². The number of carboxylic acid groups (broad SMARTS) is 1. The van der Waals surface area contributed by atoms with Crippen LogP contribution in [-0.4, -0.2) is 69.4 Å². The van der Waals surface area contributed by atoms with Gasteiger partial charge in [0.25, 0.3) is 0 Å². The summed E-state index contributed by atoms with van der Waals surface area (Å²) in [6.45, 7) is 14.3. The van der Waals surface area contributed by atoms with Crippen LogP contribution in [0, 0.1) is 18.8 Å². The average Bonchev–Trinajstić information content (AvgIpc) is 3.57. The number of benzene rings is 2. The standard InChI is InChI=1S/C35H48N4O2/c1-5-26(4)34(35(40)41)38-23-30(32(24-38)29-14-10-11-25(3)19-29)22-37-17-15-28(16-18-37)33-21-31(36-39(33)6-2)20-27-12-8-7-9-13-27/h7-14,19,21,26,28,30,32,34H,5-6,15-18,20,22-24H2,1-4H3,(H,40,41)/t26-,30+,32-,34-/m1/s1. The Labute approximate surface area is 246 Å². The fourth-order valence-electron chi connectivity index (χ4n) is 7.28. The molecule has 0 bridgehead atoms. The maximum absolute atomic E-state index is 12.3. The number of hydrogen-bond donors (Lipinski definition) is 1. The van der Waals surface area contributed by atoms with Gasteiger partial charge < -0.3 is 10.0 Å². The summed E-state index contributed by atoms with van der Waals surface area (Å²) >= 11 is 0. The SMILES string of the molecule is CC[C@@H](C)[C@H](C(=O)O)N1C[C@H](CN2CCC(c3cc(Cc4ccccc4)nn3CC)CC2)[C@@H](c2cccc(C)c2)C1. The van der Waals surface area contributed by atoms with Crippen LogP contribution in [0.2, 0.25) is 0 Å². The molecule has 41 heavy (non-hydrogen) atoms. The zero-order valence-corrected chi connectivity index (χ0v) is 25.4. The van der Waals surface area contributed by atoms with Crippen LogP contribution in [0.15, 0.2) is 60.7 Å². The van der Waals surface area contributed by atoms with Gasteiger partial charge in [0.2, 0.25) is 0 Å².